The highest BCUT2D eigenvalue weighted by molar-refractivity contribution is 7.91. The molecule has 2 N–H and O–H groups in total. The van der Waals surface area contributed by atoms with E-state index in [1.165, 1.54) is 6.92 Å². The first kappa shape index (κ1) is 15.0. The van der Waals surface area contributed by atoms with Crippen molar-refractivity contribution < 1.29 is 23.1 Å². The Morgan fingerprint density at radius 1 is 1.26 bits per heavy atom. The van der Waals surface area contributed by atoms with Gasteiger partial charge in [-0.25, -0.2) is 23.2 Å². The molecule has 0 fully saturated rings. The van der Waals surface area contributed by atoms with Gasteiger partial charge in [0.2, 0.25) is 0 Å². The summed E-state index contributed by atoms with van der Waals surface area (Å²) in [7, 11) is -3.14. The van der Waals surface area contributed by atoms with Crippen molar-refractivity contribution in [2.75, 3.05) is 18.1 Å². The van der Waals surface area contributed by atoms with Gasteiger partial charge in [0.05, 0.1) is 18.1 Å². The van der Waals surface area contributed by atoms with Crippen LogP contribution in [0.15, 0.2) is 12.4 Å². The van der Waals surface area contributed by atoms with Gasteiger partial charge in [-0.2, -0.15) is 0 Å². The van der Waals surface area contributed by atoms with E-state index in [1.54, 1.807) is 0 Å². The summed E-state index contributed by atoms with van der Waals surface area (Å²) >= 11 is 0. The summed E-state index contributed by atoms with van der Waals surface area (Å²) in [4.78, 5) is 29.2. The van der Waals surface area contributed by atoms with Crippen LogP contribution in [0.2, 0.25) is 0 Å². The van der Waals surface area contributed by atoms with Gasteiger partial charge in [0.15, 0.2) is 15.5 Å². The van der Waals surface area contributed by atoms with Gasteiger partial charge in [0.25, 0.3) is 5.91 Å². The summed E-state index contributed by atoms with van der Waals surface area (Å²) < 4.78 is 22.4. The van der Waals surface area contributed by atoms with Gasteiger partial charge in [-0.05, 0) is 0 Å². The van der Waals surface area contributed by atoms with Crippen LogP contribution in [0.1, 0.15) is 27.9 Å². The number of carboxylic acid groups (broad SMARTS) is 1. The Morgan fingerprint density at radius 3 is 2.32 bits per heavy atom. The molecule has 1 amide bonds. The van der Waals surface area contributed by atoms with Gasteiger partial charge in [0.1, 0.15) is 5.69 Å². The van der Waals surface area contributed by atoms with Crippen molar-refractivity contribution in [2.45, 2.75) is 6.92 Å². The van der Waals surface area contributed by atoms with Crippen LogP contribution in [0.25, 0.3) is 0 Å². The van der Waals surface area contributed by atoms with Crippen molar-refractivity contribution in [2.24, 2.45) is 0 Å². The predicted molar refractivity (Wildman–Crippen MR) is 65.7 cm³/mol. The number of carbonyl (C=O) groups excluding carboxylic acids is 1. The number of aromatic carboxylic acids is 1. The molecule has 0 atom stereocenters. The predicted octanol–water partition coefficient (Wildman–Crippen LogP) is -0.661. The van der Waals surface area contributed by atoms with Crippen LogP contribution in [0.5, 0.6) is 0 Å². The molecule has 0 aliphatic rings. The molecule has 1 heterocycles. The maximum Gasteiger partial charge on any atom is 0.356 e. The lowest BCUT2D eigenvalue weighted by molar-refractivity contribution is 0.0689. The lowest BCUT2D eigenvalue weighted by Crippen LogP contribution is -2.30. The fourth-order valence-electron chi connectivity index (χ4n) is 1.11. The number of sulfone groups is 1. The van der Waals surface area contributed by atoms with Crippen molar-refractivity contribution in [1.29, 1.82) is 0 Å². The van der Waals surface area contributed by atoms with E-state index in [0.29, 0.717) is 0 Å². The summed E-state index contributed by atoms with van der Waals surface area (Å²) in [6, 6.07) is 0. The SMILES string of the molecule is CCS(=O)(=O)CCNC(=O)c1cnc(C(=O)O)cn1. The van der Waals surface area contributed by atoms with E-state index in [2.05, 4.69) is 15.3 Å². The molecule has 0 saturated carbocycles. The Labute approximate surface area is 109 Å². The molecule has 0 aliphatic heterocycles. The zero-order valence-corrected chi connectivity index (χ0v) is 11.0. The Kier molecular flexibility index (Phi) is 4.93. The number of hydrogen-bond donors (Lipinski definition) is 2. The van der Waals surface area contributed by atoms with E-state index >= 15 is 0 Å². The molecule has 104 valence electrons. The van der Waals surface area contributed by atoms with E-state index in [4.69, 9.17) is 5.11 Å². The molecule has 8 nitrogen and oxygen atoms in total. The Morgan fingerprint density at radius 2 is 1.84 bits per heavy atom. The number of carbonyl (C=O) groups is 2. The van der Waals surface area contributed by atoms with Gasteiger partial charge >= 0.3 is 5.97 Å². The molecule has 0 saturated heterocycles. The van der Waals surface area contributed by atoms with Crippen molar-refractivity contribution in [3.63, 3.8) is 0 Å². The second-order valence-electron chi connectivity index (χ2n) is 3.58. The molecular weight excluding hydrogens is 274 g/mol. The minimum atomic E-state index is -3.14. The van der Waals surface area contributed by atoms with E-state index < -0.39 is 21.7 Å². The Bertz CT molecular complexity index is 567. The first-order chi connectivity index (χ1) is 8.85. The van der Waals surface area contributed by atoms with Crippen LogP contribution in [-0.4, -0.2) is 53.4 Å². The van der Waals surface area contributed by atoms with Crippen LogP contribution in [0, 0.1) is 0 Å². The maximum absolute atomic E-state index is 11.5. The number of hydrogen-bond acceptors (Lipinski definition) is 6. The van der Waals surface area contributed by atoms with Crippen molar-refractivity contribution in [3.05, 3.63) is 23.8 Å². The molecule has 0 unspecified atom stereocenters. The lowest BCUT2D eigenvalue weighted by Gasteiger charge is -2.04. The molecule has 19 heavy (non-hydrogen) atoms. The molecule has 1 aromatic heterocycles. The fourth-order valence-corrected chi connectivity index (χ4v) is 1.81. The number of aromatic nitrogens is 2. The highest BCUT2D eigenvalue weighted by Crippen LogP contribution is 1.96. The van der Waals surface area contributed by atoms with Gasteiger partial charge in [-0.1, -0.05) is 6.92 Å². The van der Waals surface area contributed by atoms with E-state index in [1.807, 2.05) is 0 Å². The molecule has 1 aromatic rings. The molecule has 0 radical (unpaired) electrons. The van der Waals surface area contributed by atoms with Crippen molar-refractivity contribution in [1.82, 2.24) is 15.3 Å². The molecular formula is C10H13N3O5S. The quantitative estimate of drug-likeness (QED) is 0.711. The zero-order chi connectivity index (χ0) is 14.5. The summed E-state index contributed by atoms with van der Waals surface area (Å²) in [6.45, 7) is 1.49. The van der Waals surface area contributed by atoms with Crippen LogP contribution in [0.3, 0.4) is 0 Å². The lowest BCUT2D eigenvalue weighted by atomic mass is 10.4. The van der Waals surface area contributed by atoms with E-state index in [0.717, 1.165) is 12.4 Å². The van der Waals surface area contributed by atoms with Crippen LogP contribution < -0.4 is 5.32 Å². The Balaban J connectivity index is 2.57. The zero-order valence-electron chi connectivity index (χ0n) is 10.2. The van der Waals surface area contributed by atoms with E-state index in [9.17, 15) is 18.0 Å². The number of amides is 1. The number of nitrogens with one attached hydrogen (secondary N) is 1. The minimum Gasteiger partial charge on any atom is -0.476 e. The maximum atomic E-state index is 11.5. The summed E-state index contributed by atoms with van der Waals surface area (Å²) in [5.74, 6) is -1.99. The largest absolute Gasteiger partial charge is 0.476 e. The first-order valence-corrected chi connectivity index (χ1v) is 7.22. The summed E-state index contributed by atoms with van der Waals surface area (Å²) in [5.41, 5.74) is -0.344. The highest BCUT2D eigenvalue weighted by atomic mass is 32.2. The van der Waals surface area contributed by atoms with Gasteiger partial charge in [-0.3, -0.25) is 4.79 Å². The van der Waals surface area contributed by atoms with Crippen LogP contribution in [0.4, 0.5) is 0 Å². The average Bonchev–Trinajstić information content (AvgIpc) is 2.38. The third kappa shape index (κ3) is 4.62. The molecule has 9 heteroatoms. The molecule has 0 bridgehead atoms. The van der Waals surface area contributed by atoms with Crippen molar-refractivity contribution in [3.8, 4) is 0 Å². The second-order valence-corrected chi connectivity index (χ2v) is 6.06. The molecule has 0 aliphatic carbocycles. The third-order valence-corrected chi connectivity index (χ3v) is 3.95. The normalized spacial score (nSPS) is 11.0. The van der Waals surface area contributed by atoms with Crippen molar-refractivity contribution >= 4 is 21.7 Å². The Hall–Kier alpha value is -2.03. The van der Waals surface area contributed by atoms with Gasteiger partial charge in [-0.15, -0.1) is 0 Å². The van der Waals surface area contributed by atoms with Crippen LogP contribution in [-0.2, 0) is 9.84 Å². The first-order valence-electron chi connectivity index (χ1n) is 5.39. The summed E-state index contributed by atoms with van der Waals surface area (Å²) in [6.07, 6.45) is 1.98. The number of carboxylic acids is 1. The monoisotopic (exact) mass is 287 g/mol. The van der Waals surface area contributed by atoms with Gasteiger partial charge in [0, 0.05) is 12.3 Å². The summed E-state index contributed by atoms with van der Waals surface area (Å²) in [5, 5.41) is 11.0. The van der Waals surface area contributed by atoms with Crippen LogP contribution >= 0.6 is 0 Å². The number of rotatable bonds is 6. The topological polar surface area (TPSA) is 126 Å². The smallest absolute Gasteiger partial charge is 0.356 e. The van der Waals surface area contributed by atoms with Gasteiger partial charge < -0.3 is 10.4 Å². The highest BCUT2D eigenvalue weighted by Gasteiger charge is 2.12. The fraction of sp³-hybridized carbons (Fsp3) is 0.400. The molecule has 0 aromatic carbocycles. The molecule has 1 rings (SSSR count). The molecule has 0 spiro atoms. The average molecular weight is 287 g/mol. The van der Waals surface area contributed by atoms with E-state index in [-0.39, 0.29) is 29.4 Å². The standard InChI is InChI=1S/C10H13N3O5S/c1-2-19(17,18)4-3-11-9(14)7-5-13-8(6-12-7)10(15)16/h5-6H,2-4H2,1H3,(H,11,14)(H,15,16). The minimum absolute atomic E-state index is 0.00991. The third-order valence-electron chi connectivity index (χ3n) is 2.24. The number of nitrogens with zero attached hydrogens (tertiary/aromatic N) is 2. The second kappa shape index (κ2) is 6.23.